The number of methoxy groups -OCH3 is 1. The maximum Gasteiger partial charge on any atom is 0.357 e. The Bertz CT molecular complexity index is 1320. The van der Waals surface area contributed by atoms with Gasteiger partial charge in [0.1, 0.15) is 11.6 Å². The number of ether oxygens (including phenoxy) is 1. The summed E-state index contributed by atoms with van der Waals surface area (Å²) in [5.41, 5.74) is 11.4. The number of esters is 1. The molecule has 0 saturated carbocycles. The summed E-state index contributed by atoms with van der Waals surface area (Å²) >= 11 is 0. The molecular formula is C23H20N4O3. The molecule has 0 spiro atoms. The lowest BCUT2D eigenvalue weighted by atomic mass is 10.1. The van der Waals surface area contributed by atoms with Crippen LogP contribution >= 0.6 is 0 Å². The second-order valence-electron chi connectivity index (χ2n) is 6.95. The van der Waals surface area contributed by atoms with E-state index >= 15 is 0 Å². The molecular weight excluding hydrogens is 380 g/mol. The number of carbonyl (C=O) groups excluding carboxylic acids is 1. The van der Waals surface area contributed by atoms with E-state index in [0.717, 1.165) is 23.1 Å². The summed E-state index contributed by atoms with van der Waals surface area (Å²) in [6, 6.07) is 13.6. The lowest BCUT2D eigenvalue weighted by Crippen LogP contribution is -2.11. The average Bonchev–Trinajstić information content (AvgIpc) is 3.33. The van der Waals surface area contributed by atoms with Crippen molar-refractivity contribution in [1.29, 1.82) is 5.26 Å². The zero-order valence-electron chi connectivity index (χ0n) is 16.9. The quantitative estimate of drug-likeness (QED) is 0.509. The van der Waals surface area contributed by atoms with E-state index in [4.69, 9.17) is 14.9 Å². The van der Waals surface area contributed by atoms with E-state index in [1.807, 2.05) is 49.4 Å². The molecule has 2 aromatic carbocycles. The van der Waals surface area contributed by atoms with Crippen LogP contribution in [0.5, 0.6) is 0 Å². The van der Waals surface area contributed by atoms with Gasteiger partial charge >= 0.3 is 5.97 Å². The number of carbonyl (C=O) groups is 1. The predicted molar refractivity (Wildman–Crippen MR) is 113 cm³/mol. The maximum atomic E-state index is 12.3. The minimum Gasteiger partial charge on any atom is -0.464 e. The third-order valence-electron chi connectivity index (χ3n) is 5.12. The smallest absolute Gasteiger partial charge is 0.357 e. The second kappa shape index (κ2) is 7.41. The minimum atomic E-state index is -0.618. The summed E-state index contributed by atoms with van der Waals surface area (Å²) < 4.78 is 12.4. The number of nitrogens with two attached hydrogens (primary N) is 1. The van der Waals surface area contributed by atoms with Crippen LogP contribution in [0.1, 0.15) is 34.1 Å². The van der Waals surface area contributed by atoms with Gasteiger partial charge in [0.2, 0.25) is 5.89 Å². The molecule has 0 amide bonds. The topological polar surface area (TPSA) is 107 Å². The molecule has 2 aromatic heterocycles. The largest absolute Gasteiger partial charge is 0.464 e. The van der Waals surface area contributed by atoms with Gasteiger partial charge in [-0.3, -0.25) is 0 Å². The number of aryl methyl sites for hydroxylation is 2. The van der Waals surface area contributed by atoms with Gasteiger partial charge in [-0.15, -0.1) is 0 Å². The molecule has 0 aliphatic heterocycles. The number of nitriles is 1. The van der Waals surface area contributed by atoms with Crippen molar-refractivity contribution in [3.63, 3.8) is 0 Å². The average molecular weight is 400 g/mol. The predicted octanol–water partition coefficient (Wildman–Crippen LogP) is 4.40. The van der Waals surface area contributed by atoms with E-state index in [1.165, 1.54) is 18.9 Å². The highest BCUT2D eigenvalue weighted by Gasteiger charge is 2.23. The van der Waals surface area contributed by atoms with Crippen molar-refractivity contribution in [2.75, 3.05) is 12.8 Å². The van der Waals surface area contributed by atoms with Crippen LogP contribution in [0.2, 0.25) is 0 Å². The molecule has 4 rings (SSSR count). The number of hydrogen-bond acceptors (Lipinski definition) is 6. The van der Waals surface area contributed by atoms with Gasteiger partial charge in [-0.1, -0.05) is 19.1 Å². The molecule has 0 fully saturated rings. The lowest BCUT2D eigenvalue weighted by molar-refractivity contribution is 0.0593. The molecule has 0 atom stereocenters. The van der Waals surface area contributed by atoms with E-state index in [2.05, 4.69) is 11.9 Å². The zero-order chi connectivity index (χ0) is 21.4. The summed E-state index contributed by atoms with van der Waals surface area (Å²) in [5.74, 6) is -0.146. The summed E-state index contributed by atoms with van der Waals surface area (Å²) in [6.07, 6.45) is 2.45. The Morgan fingerprint density at radius 1 is 1.30 bits per heavy atom. The molecule has 0 aliphatic carbocycles. The Hall–Kier alpha value is -4.05. The van der Waals surface area contributed by atoms with Gasteiger partial charge in [-0.25, -0.2) is 9.78 Å². The summed E-state index contributed by atoms with van der Waals surface area (Å²) in [5, 5.41) is 9.36. The summed E-state index contributed by atoms with van der Waals surface area (Å²) in [4.78, 5) is 17.0. The van der Waals surface area contributed by atoms with Gasteiger partial charge < -0.3 is 19.5 Å². The monoisotopic (exact) mass is 400 g/mol. The number of hydrogen-bond donors (Lipinski definition) is 1. The molecule has 2 heterocycles. The standard InChI is InChI=1S/C23H20N4O3/c1-4-14-6-8-19-17(9-14)26-22(30-19)15-7-5-13(2)18(10-15)27-12-16(11-24)20(25)21(27)23(28)29-3/h5-10,12H,4,25H2,1-3H3. The number of aromatic nitrogens is 2. The van der Waals surface area contributed by atoms with Crippen molar-refractivity contribution in [2.45, 2.75) is 20.3 Å². The van der Waals surface area contributed by atoms with E-state index < -0.39 is 5.97 Å². The molecule has 0 bridgehead atoms. The van der Waals surface area contributed by atoms with E-state index in [1.54, 1.807) is 4.57 Å². The van der Waals surface area contributed by atoms with Crippen molar-refractivity contribution in [3.05, 3.63) is 65.0 Å². The Labute approximate surface area is 173 Å². The van der Waals surface area contributed by atoms with Crippen LogP contribution in [0.15, 0.2) is 47.0 Å². The number of anilines is 1. The molecule has 0 radical (unpaired) electrons. The Morgan fingerprint density at radius 2 is 2.10 bits per heavy atom. The van der Waals surface area contributed by atoms with Gasteiger partial charge in [0.25, 0.3) is 0 Å². The molecule has 150 valence electrons. The van der Waals surface area contributed by atoms with Crippen LogP contribution in [0, 0.1) is 18.3 Å². The normalized spacial score (nSPS) is 10.9. The van der Waals surface area contributed by atoms with Crippen LogP contribution in [-0.4, -0.2) is 22.6 Å². The third kappa shape index (κ3) is 3.08. The van der Waals surface area contributed by atoms with Crippen LogP contribution < -0.4 is 5.73 Å². The van der Waals surface area contributed by atoms with Crippen LogP contribution in [0.3, 0.4) is 0 Å². The van der Waals surface area contributed by atoms with Crippen molar-refractivity contribution < 1.29 is 13.9 Å². The highest BCUT2D eigenvalue weighted by Crippen LogP contribution is 2.31. The number of rotatable bonds is 4. The fraction of sp³-hybridized carbons (Fsp3) is 0.174. The molecule has 7 nitrogen and oxygen atoms in total. The SMILES string of the molecule is CCc1ccc2oc(-c3ccc(C)c(-n4cc(C#N)c(N)c4C(=O)OC)c3)nc2c1. The highest BCUT2D eigenvalue weighted by atomic mass is 16.5. The lowest BCUT2D eigenvalue weighted by Gasteiger charge is -2.12. The van der Waals surface area contributed by atoms with E-state index in [9.17, 15) is 10.1 Å². The van der Waals surface area contributed by atoms with Crippen molar-refractivity contribution in [3.8, 4) is 23.2 Å². The minimum absolute atomic E-state index is 0.0862. The first kappa shape index (κ1) is 19.3. The van der Waals surface area contributed by atoms with Crippen molar-refractivity contribution in [2.24, 2.45) is 0 Å². The van der Waals surface area contributed by atoms with Crippen molar-refractivity contribution in [1.82, 2.24) is 9.55 Å². The van der Waals surface area contributed by atoms with Crippen LogP contribution in [0.25, 0.3) is 28.2 Å². The van der Waals surface area contributed by atoms with Gasteiger partial charge in [0, 0.05) is 17.4 Å². The Kier molecular flexibility index (Phi) is 4.76. The molecule has 0 saturated heterocycles. The van der Waals surface area contributed by atoms with Crippen molar-refractivity contribution >= 4 is 22.8 Å². The first-order valence-electron chi connectivity index (χ1n) is 9.47. The van der Waals surface area contributed by atoms with Gasteiger partial charge in [0.05, 0.1) is 18.4 Å². The first-order valence-corrected chi connectivity index (χ1v) is 9.47. The van der Waals surface area contributed by atoms with Crippen LogP contribution in [0.4, 0.5) is 5.69 Å². The van der Waals surface area contributed by atoms with Crippen LogP contribution in [-0.2, 0) is 11.2 Å². The Balaban J connectivity index is 1.88. The molecule has 2 N–H and O–H groups in total. The zero-order valence-corrected chi connectivity index (χ0v) is 16.9. The second-order valence-corrected chi connectivity index (χ2v) is 6.95. The summed E-state index contributed by atoms with van der Waals surface area (Å²) in [6.45, 7) is 3.99. The third-order valence-corrected chi connectivity index (χ3v) is 5.12. The van der Waals surface area contributed by atoms with Gasteiger partial charge in [-0.2, -0.15) is 5.26 Å². The van der Waals surface area contributed by atoms with Gasteiger partial charge in [0.15, 0.2) is 11.3 Å². The molecule has 0 unspecified atom stereocenters. The van der Waals surface area contributed by atoms with Gasteiger partial charge in [-0.05, 0) is 48.7 Å². The number of benzene rings is 2. The maximum absolute atomic E-state index is 12.3. The molecule has 4 aromatic rings. The fourth-order valence-electron chi connectivity index (χ4n) is 3.42. The molecule has 0 aliphatic rings. The highest BCUT2D eigenvalue weighted by molar-refractivity contribution is 5.96. The number of nitrogens with zero attached hydrogens (tertiary/aromatic N) is 3. The number of oxazole rings is 1. The molecule has 7 heteroatoms. The van der Waals surface area contributed by atoms with E-state index in [0.29, 0.717) is 17.2 Å². The molecule has 30 heavy (non-hydrogen) atoms. The first-order chi connectivity index (χ1) is 14.5. The fourth-order valence-corrected chi connectivity index (χ4v) is 3.42. The number of fused-ring (bicyclic) bond motifs is 1. The Morgan fingerprint density at radius 3 is 2.80 bits per heavy atom. The van der Waals surface area contributed by atoms with E-state index in [-0.39, 0.29) is 16.9 Å². The number of nitrogen functional groups attached to an aromatic ring is 1. The summed E-state index contributed by atoms with van der Waals surface area (Å²) in [7, 11) is 1.28.